The Labute approximate surface area is 238 Å². The summed E-state index contributed by atoms with van der Waals surface area (Å²) in [5.41, 5.74) is 1.00. The zero-order chi connectivity index (χ0) is 27.6. The molecule has 2 amide bonds. The highest BCUT2D eigenvalue weighted by Crippen LogP contribution is 2.43. The van der Waals surface area contributed by atoms with Crippen LogP contribution in [0.3, 0.4) is 0 Å². The number of benzene rings is 2. The van der Waals surface area contributed by atoms with Crippen LogP contribution in [-0.2, 0) is 11.3 Å². The summed E-state index contributed by atoms with van der Waals surface area (Å²) in [6.45, 7) is 3.97. The van der Waals surface area contributed by atoms with Crippen molar-refractivity contribution < 1.29 is 19.1 Å². The second kappa shape index (κ2) is 14.6. The lowest BCUT2D eigenvalue weighted by Gasteiger charge is -2.43. The number of ether oxygens (including phenoxy) is 2. The Kier molecular flexibility index (Phi) is 11.0. The minimum Gasteiger partial charge on any atom is -0.445 e. The van der Waals surface area contributed by atoms with Crippen LogP contribution >= 0.6 is 11.6 Å². The smallest absolute Gasteiger partial charge is 0.414 e. The molecule has 2 fully saturated rings. The monoisotopic (exact) mass is 554 g/mol. The normalized spacial score (nSPS) is 25.1. The number of carbonyl (C=O) groups is 2. The van der Waals surface area contributed by atoms with E-state index in [0.29, 0.717) is 36.7 Å². The number of hydrogen-bond acceptors (Lipinski definition) is 4. The molecule has 1 saturated carbocycles. The highest BCUT2D eigenvalue weighted by molar-refractivity contribution is 6.20. The van der Waals surface area contributed by atoms with Crippen LogP contribution in [0.15, 0.2) is 60.7 Å². The van der Waals surface area contributed by atoms with Crippen molar-refractivity contribution in [3.05, 3.63) is 66.2 Å². The molecule has 1 aliphatic heterocycles. The number of likely N-dealkylation sites (tertiary alicyclic amines) is 1. The lowest BCUT2D eigenvalue weighted by molar-refractivity contribution is 0.0509. The summed E-state index contributed by atoms with van der Waals surface area (Å²) >= 11 is 6.98. The highest BCUT2D eigenvalue weighted by atomic mass is 35.5. The minimum absolute atomic E-state index is 0.113. The molecule has 0 unspecified atom stereocenters. The third kappa shape index (κ3) is 8.63. The van der Waals surface area contributed by atoms with Gasteiger partial charge in [-0.05, 0) is 86.8 Å². The first-order chi connectivity index (χ1) is 18.9. The Morgan fingerprint density at radius 3 is 2.49 bits per heavy atom. The second-order valence-electron chi connectivity index (χ2n) is 11.4. The van der Waals surface area contributed by atoms with Crippen LogP contribution in [0, 0.1) is 17.8 Å². The van der Waals surface area contributed by atoms with E-state index in [0.717, 1.165) is 63.5 Å². The van der Waals surface area contributed by atoms with E-state index in [1.807, 2.05) is 53.4 Å². The van der Waals surface area contributed by atoms with Crippen LogP contribution in [0.1, 0.15) is 63.9 Å². The largest absolute Gasteiger partial charge is 0.445 e. The van der Waals surface area contributed by atoms with Gasteiger partial charge < -0.3 is 19.3 Å². The molecule has 6 nitrogen and oxygen atoms in total. The van der Waals surface area contributed by atoms with Crippen molar-refractivity contribution in [1.29, 1.82) is 0 Å². The first kappa shape index (κ1) is 29.3. The van der Waals surface area contributed by atoms with Gasteiger partial charge in [-0.1, -0.05) is 55.5 Å². The van der Waals surface area contributed by atoms with Crippen LogP contribution in [0.2, 0.25) is 0 Å². The molecular formula is C32H43ClN2O4. The van der Waals surface area contributed by atoms with Crippen LogP contribution in [-0.4, -0.2) is 53.5 Å². The number of para-hydroxylation sites is 1. The molecule has 7 heteroatoms. The molecule has 39 heavy (non-hydrogen) atoms. The van der Waals surface area contributed by atoms with Gasteiger partial charge in [0.25, 0.3) is 0 Å². The molecule has 0 radical (unpaired) electrons. The van der Waals surface area contributed by atoms with E-state index in [4.69, 9.17) is 21.1 Å². The van der Waals surface area contributed by atoms with E-state index >= 15 is 0 Å². The summed E-state index contributed by atoms with van der Waals surface area (Å²) < 4.78 is 11.2. The summed E-state index contributed by atoms with van der Waals surface area (Å²) in [5.74, 6) is 1.94. The maximum atomic E-state index is 13.1. The quantitative estimate of drug-likeness (QED) is 0.297. The van der Waals surface area contributed by atoms with E-state index in [9.17, 15) is 9.59 Å². The minimum atomic E-state index is -0.343. The Morgan fingerprint density at radius 2 is 1.74 bits per heavy atom. The number of rotatable bonds is 9. The average molecular weight is 555 g/mol. The van der Waals surface area contributed by atoms with Gasteiger partial charge in [-0.2, -0.15) is 0 Å². The number of amides is 2. The fourth-order valence-electron chi connectivity index (χ4n) is 6.29. The molecule has 0 N–H and O–H groups in total. The molecular weight excluding hydrogens is 512 g/mol. The molecule has 4 rings (SSSR count). The number of carbonyl (C=O) groups excluding carboxylic acids is 2. The summed E-state index contributed by atoms with van der Waals surface area (Å²) in [4.78, 5) is 29.2. The first-order valence-electron chi connectivity index (χ1n) is 14.5. The molecule has 212 valence electrons. The summed E-state index contributed by atoms with van der Waals surface area (Å²) in [7, 11) is 1.78. The van der Waals surface area contributed by atoms with Crippen molar-refractivity contribution in [2.24, 2.45) is 17.8 Å². The molecule has 5 atom stereocenters. The van der Waals surface area contributed by atoms with E-state index in [1.165, 1.54) is 0 Å². The predicted molar refractivity (Wildman–Crippen MR) is 155 cm³/mol. The van der Waals surface area contributed by atoms with Gasteiger partial charge in [-0.3, -0.25) is 0 Å². The van der Waals surface area contributed by atoms with Gasteiger partial charge in [0.05, 0.1) is 0 Å². The summed E-state index contributed by atoms with van der Waals surface area (Å²) in [6, 6.07) is 19.2. The maximum Gasteiger partial charge on any atom is 0.414 e. The van der Waals surface area contributed by atoms with Crippen LogP contribution in [0.5, 0.6) is 5.75 Å². The van der Waals surface area contributed by atoms with Gasteiger partial charge >= 0.3 is 12.2 Å². The number of halogens is 1. The lowest BCUT2D eigenvalue weighted by atomic mass is 9.69. The second-order valence-corrected chi connectivity index (χ2v) is 11.9. The Bertz CT molecular complexity index is 1040. The molecule has 1 heterocycles. The van der Waals surface area contributed by atoms with Gasteiger partial charge in [0, 0.05) is 31.6 Å². The number of hydrogen-bond donors (Lipinski definition) is 0. The van der Waals surface area contributed by atoms with E-state index in [1.54, 1.807) is 24.1 Å². The predicted octanol–water partition coefficient (Wildman–Crippen LogP) is 7.75. The number of alkyl halides is 1. The van der Waals surface area contributed by atoms with E-state index in [-0.39, 0.29) is 23.6 Å². The van der Waals surface area contributed by atoms with Crippen LogP contribution in [0.4, 0.5) is 9.59 Å². The van der Waals surface area contributed by atoms with Crippen molar-refractivity contribution in [1.82, 2.24) is 9.80 Å². The van der Waals surface area contributed by atoms with Gasteiger partial charge in [0.15, 0.2) is 0 Å². The zero-order valence-corrected chi connectivity index (χ0v) is 24.1. The fourth-order valence-corrected chi connectivity index (χ4v) is 6.93. The van der Waals surface area contributed by atoms with Crippen molar-refractivity contribution in [2.45, 2.75) is 76.3 Å². The Balaban J connectivity index is 1.31. The van der Waals surface area contributed by atoms with Gasteiger partial charge in [-0.15, -0.1) is 11.6 Å². The molecule has 0 bridgehead atoms. The number of piperidine rings is 1. The standard InChI is InChI=1S/C32H43ClN2O4/c1-24-20-26(22-27-14-9-10-19-35(27)32(37)38-23-25-12-5-3-6-13-25)29(30(33)21-24)17-11-18-34(2)31(36)39-28-15-7-4-8-16-28/h3-8,12-13,15-16,24,26-27,29-30H,9-11,14,17-23H2,1-2H3/t24-,26+,27+,29-,30-/m1/s1. The van der Waals surface area contributed by atoms with Crippen molar-refractivity contribution in [2.75, 3.05) is 20.1 Å². The van der Waals surface area contributed by atoms with E-state index in [2.05, 4.69) is 6.92 Å². The molecule has 0 spiro atoms. The molecule has 1 aliphatic carbocycles. The van der Waals surface area contributed by atoms with Gasteiger partial charge in [0.1, 0.15) is 12.4 Å². The molecule has 0 aromatic heterocycles. The van der Waals surface area contributed by atoms with Crippen molar-refractivity contribution in [3.63, 3.8) is 0 Å². The van der Waals surface area contributed by atoms with Crippen molar-refractivity contribution in [3.8, 4) is 5.75 Å². The summed E-state index contributed by atoms with van der Waals surface area (Å²) in [6.07, 6.45) is 7.56. The van der Waals surface area contributed by atoms with Gasteiger partial charge in [0.2, 0.25) is 0 Å². The van der Waals surface area contributed by atoms with E-state index < -0.39 is 0 Å². The topological polar surface area (TPSA) is 59.1 Å². The average Bonchev–Trinajstić information content (AvgIpc) is 2.94. The number of nitrogens with zero attached hydrogens (tertiary/aromatic N) is 2. The maximum absolute atomic E-state index is 13.1. The summed E-state index contributed by atoms with van der Waals surface area (Å²) in [5, 5.41) is 0.113. The van der Waals surface area contributed by atoms with Crippen molar-refractivity contribution >= 4 is 23.8 Å². The SMILES string of the molecule is C[C@@H]1C[C@@H](C[C@@H]2CCCCN2C(=O)OCc2ccccc2)[C@@H](CCCN(C)C(=O)Oc2ccccc2)[C@H](Cl)C1. The molecule has 2 aromatic rings. The lowest BCUT2D eigenvalue weighted by Crippen LogP contribution is -2.46. The Hall–Kier alpha value is -2.73. The third-order valence-electron chi connectivity index (χ3n) is 8.34. The first-order valence-corrected chi connectivity index (χ1v) is 14.9. The zero-order valence-electron chi connectivity index (χ0n) is 23.3. The van der Waals surface area contributed by atoms with Crippen LogP contribution < -0.4 is 4.74 Å². The molecule has 2 aromatic carbocycles. The van der Waals surface area contributed by atoms with Gasteiger partial charge in [-0.25, -0.2) is 9.59 Å². The fraction of sp³-hybridized carbons (Fsp3) is 0.562. The highest BCUT2D eigenvalue weighted by Gasteiger charge is 2.38. The molecule has 2 aliphatic rings. The molecule has 1 saturated heterocycles. The third-order valence-corrected chi connectivity index (χ3v) is 8.84. The van der Waals surface area contributed by atoms with Crippen LogP contribution in [0.25, 0.3) is 0 Å². The Morgan fingerprint density at radius 1 is 1.03 bits per heavy atom.